The van der Waals surface area contributed by atoms with Crippen molar-refractivity contribution in [2.75, 3.05) is 17.7 Å². The highest BCUT2D eigenvalue weighted by Gasteiger charge is 2.28. The van der Waals surface area contributed by atoms with E-state index >= 15 is 0 Å². The molecule has 1 fully saturated rings. The van der Waals surface area contributed by atoms with Gasteiger partial charge in [-0.25, -0.2) is 4.98 Å². The molecule has 1 heterocycles. The van der Waals surface area contributed by atoms with E-state index in [-0.39, 0.29) is 0 Å². The van der Waals surface area contributed by atoms with Crippen molar-refractivity contribution >= 4 is 11.5 Å². The molecule has 0 aliphatic heterocycles. The van der Waals surface area contributed by atoms with Crippen molar-refractivity contribution in [3.8, 4) is 5.88 Å². The van der Waals surface area contributed by atoms with E-state index in [2.05, 4.69) is 22.2 Å². The van der Waals surface area contributed by atoms with Gasteiger partial charge in [0.1, 0.15) is 12.0 Å². The van der Waals surface area contributed by atoms with Gasteiger partial charge in [-0.3, -0.25) is 0 Å². The van der Waals surface area contributed by atoms with E-state index in [4.69, 9.17) is 10.5 Å². The van der Waals surface area contributed by atoms with Crippen LogP contribution in [0.15, 0.2) is 6.33 Å². The topological polar surface area (TPSA) is 73.1 Å². The number of aromatic nitrogens is 2. The van der Waals surface area contributed by atoms with Crippen LogP contribution in [0.3, 0.4) is 0 Å². The minimum absolute atomic E-state index is 0.409. The van der Waals surface area contributed by atoms with Crippen molar-refractivity contribution in [3.63, 3.8) is 0 Å². The van der Waals surface area contributed by atoms with Gasteiger partial charge in [0.2, 0.25) is 5.88 Å². The van der Waals surface area contributed by atoms with E-state index in [9.17, 15) is 0 Å². The molecule has 1 atom stereocenters. The summed E-state index contributed by atoms with van der Waals surface area (Å²) in [6.07, 6.45) is 5.00. The lowest BCUT2D eigenvalue weighted by atomic mass is 10.2. The van der Waals surface area contributed by atoms with Gasteiger partial charge in [0.05, 0.1) is 6.61 Å². The highest BCUT2D eigenvalue weighted by atomic mass is 16.5. The molecule has 0 aromatic carbocycles. The number of hydrogen-bond donors (Lipinski definition) is 2. The lowest BCUT2D eigenvalue weighted by Gasteiger charge is -2.16. The SMILES string of the molecule is CCCOc1ncnc(NC(C)C2CC2)c1N. The molecule has 1 unspecified atom stereocenters. The second-order valence-corrected chi connectivity index (χ2v) is 4.56. The van der Waals surface area contributed by atoms with Crippen LogP contribution in [0.5, 0.6) is 5.88 Å². The molecule has 17 heavy (non-hydrogen) atoms. The van der Waals surface area contributed by atoms with E-state index in [1.807, 2.05) is 6.92 Å². The second-order valence-electron chi connectivity index (χ2n) is 4.56. The maximum absolute atomic E-state index is 5.98. The lowest BCUT2D eigenvalue weighted by molar-refractivity contribution is 0.306. The largest absolute Gasteiger partial charge is 0.476 e. The summed E-state index contributed by atoms with van der Waals surface area (Å²) in [4.78, 5) is 8.22. The van der Waals surface area contributed by atoms with Crippen molar-refractivity contribution in [1.29, 1.82) is 0 Å². The van der Waals surface area contributed by atoms with Crippen LogP contribution in [0.1, 0.15) is 33.1 Å². The summed E-state index contributed by atoms with van der Waals surface area (Å²) in [5.74, 6) is 1.92. The van der Waals surface area contributed by atoms with E-state index in [1.54, 1.807) is 0 Å². The fourth-order valence-electron chi connectivity index (χ4n) is 1.74. The summed E-state index contributed by atoms with van der Waals surface area (Å²) in [6.45, 7) is 4.83. The molecule has 2 rings (SSSR count). The Labute approximate surface area is 102 Å². The quantitative estimate of drug-likeness (QED) is 0.791. The Kier molecular flexibility index (Phi) is 3.66. The van der Waals surface area contributed by atoms with Gasteiger partial charge < -0.3 is 15.8 Å². The third kappa shape index (κ3) is 2.99. The van der Waals surface area contributed by atoms with Crippen molar-refractivity contribution in [3.05, 3.63) is 6.33 Å². The van der Waals surface area contributed by atoms with E-state index in [1.165, 1.54) is 19.2 Å². The number of hydrogen-bond acceptors (Lipinski definition) is 5. The van der Waals surface area contributed by atoms with Crippen LogP contribution in [0.25, 0.3) is 0 Å². The number of nitrogen functional groups attached to an aromatic ring is 1. The average molecular weight is 236 g/mol. The van der Waals surface area contributed by atoms with Crippen molar-refractivity contribution in [1.82, 2.24) is 9.97 Å². The summed E-state index contributed by atoms with van der Waals surface area (Å²) >= 11 is 0. The third-order valence-corrected chi connectivity index (χ3v) is 2.98. The Bertz CT molecular complexity index is 379. The predicted molar refractivity (Wildman–Crippen MR) is 68.0 cm³/mol. The second kappa shape index (κ2) is 5.21. The highest BCUT2D eigenvalue weighted by Crippen LogP contribution is 2.35. The van der Waals surface area contributed by atoms with E-state index < -0.39 is 0 Å². The zero-order valence-electron chi connectivity index (χ0n) is 10.4. The number of nitrogens with zero attached hydrogens (tertiary/aromatic N) is 2. The number of rotatable bonds is 6. The number of ether oxygens (including phenoxy) is 1. The van der Waals surface area contributed by atoms with E-state index in [0.717, 1.165) is 12.3 Å². The molecule has 1 saturated carbocycles. The molecular weight excluding hydrogens is 216 g/mol. The summed E-state index contributed by atoms with van der Waals surface area (Å²) in [5.41, 5.74) is 6.49. The standard InChI is InChI=1S/C12H20N4O/c1-3-6-17-12-10(13)11(14-7-15-12)16-8(2)9-4-5-9/h7-9H,3-6,13H2,1-2H3,(H,14,15,16). The summed E-state index contributed by atoms with van der Waals surface area (Å²) in [7, 11) is 0. The number of anilines is 2. The Morgan fingerprint density at radius 2 is 2.29 bits per heavy atom. The normalized spacial score (nSPS) is 16.6. The summed E-state index contributed by atoms with van der Waals surface area (Å²) < 4.78 is 5.47. The minimum Gasteiger partial charge on any atom is -0.476 e. The first-order valence-electron chi connectivity index (χ1n) is 6.22. The van der Waals surface area contributed by atoms with Crippen molar-refractivity contribution in [2.45, 2.75) is 39.2 Å². The lowest BCUT2D eigenvalue weighted by Crippen LogP contribution is -2.19. The molecule has 0 amide bonds. The smallest absolute Gasteiger partial charge is 0.242 e. The molecule has 94 valence electrons. The van der Waals surface area contributed by atoms with Crippen LogP contribution in [0.4, 0.5) is 11.5 Å². The molecule has 3 N–H and O–H groups in total. The van der Waals surface area contributed by atoms with Gasteiger partial charge in [-0.15, -0.1) is 0 Å². The molecule has 5 heteroatoms. The highest BCUT2D eigenvalue weighted by molar-refractivity contribution is 5.66. The summed E-state index contributed by atoms with van der Waals surface area (Å²) in [6, 6.07) is 0.409. The van der Waals surface area contributed by atoms with Gasteiger partial charge >= 0.3 is 0 Å². The van der Waals surface area contributed by atoms with Crippen LogP contribution in [-0.2, 0) is 0 Å². The molecule has 1 aromatic heterocycles. The van der Waals surface area contributed by atoms with Crippen molar-refractivity contribution in [2.24, 2.45) is 5.92 Å². The third-order valence-electron chi connectivity index (χ3n) is 2.98. The summed E-state index contributed by atoms with van der Waals surface area (Å²) in [5, 5.41) is 3.33. The zero-order valence-corrected chi connectivity index (χ0v) is 10.4. The van der Waals surface area contributed by atoms with Crippen LogP contribution in [0.2, 0.25) is 0 Å². The van der Waals surface area contributed by atoms with Crippen molar-refractivity contribution < 1.29 is 4.74 Å². The molecule has 0 radical (unpaired) electrons. The monoisotopic (exact) mass is 236 g/mol. The molecule has 0 bridgehead atoms. The van der Waals surface area contributed by atoms with Crippen LogP contribution >= 0.6 is 0 Å². The van der Waals surface area contributed by atoms with Gasteiger partial charge in [0.15, 0.2) is 5.82 Å². The molecule has 1 aliphatic rings. The molecule has 0 saturated heterocycles. The Hall–Kier alpha value is -1.52. The van der Waals surface area contributed by atoms with Crippen LogP contribution in [-0.4, -0.2) is 22.6 Å². The predicted octanol–water partition coefficient (Wildman–Crippen LogP) is 2.06. The maximum atomic E-state index is 5.98. The van der Waals surface area contributed by atoms with E-state index in [0.29, 0.717) is 30.0 Å². The molecular formula is C12H20N4O. The first kappa shape index (κ1) is 12.0. The van der Waals surface area contributed by atoms with Gasteiger partial charge in [0, 0.05) is 6.04 Å². The Morgan fingerprint density at radius 1 is 1.53 bits per heavy atom. The van der Waals surface area contributed by atoms with Gasteiger partial charge in [-0.1, -0.05) is 6.92 Å². The Morgan fingerprint density at radius 3 is 2.94 bits per heavy atom. The van der Waals surface area contributed by atoms with Gasteiger partial charge in [-0.05, 0) is 32.1 Å². The average Bonchev–Trinajstić information content (AvgIpc) is 3.14. The zero-order chi connectivity index (χ0) is 12.3. The van der Waals surface area contributed by atoms with Gasteiger partial charge in [-0.2, -0.15) is 4.98 Å². The number of nitrogens with two attached hydrogens (primary N) is 1. The first-order valence-corrected chi connectivity index (χ1v) is 6.22. The fourth-order valence-corrected chi connectivity index (χ4v) is 1.74. The first-order chi connectivity index (χ1) is 8.22. The van der Waals surface area contributed by atoms with Crippen LogP contribution in [0, 0.1) is 5.92 Å². The molecule has 5 nitrogen and oxygen atoms in total. The molecule has 0 spiro atoms. The Balaban J connectivity index is 2.05. The van der Waals surface area contributed by atoms with Gasteiger partial charge in [0.25, 0.3) is 0 Å². The number of nitrogens with one attached hydrogen (secondary N) is 1. The fraction of sp³-hybridized carbons (Fsp3) is 0.667. The molecule has 1 aromatic rings. The van der Waals surface area contributed by atoms with Crippen LogP contribution < -0.4 is 15.8 Å². The maximum Gasteiger partial charge on any atom is 0.242 e. The molecule has 1 aliphatic carbocycles. The minimum atomic E-state index is 0.409.